The Morgan fingerprint density at radius 3 is 2.61 bits per heavy atom. The molecule has 0 aliphatic heterocycles. The highest BCUT2D eigenvalue weighted by Crippen LogP contribution is 2.22. The number of carbonyl (C=O) groups is 1. The SMILES string of the molecule is Cc1ccn(C(=O)c2nc(-c3ccccc3)oc2C)c(=NC2CCCCC2)c1. The lowest BCUT2D eigenvalue weighted by Crippen LogP contribution is -2.30. The first kappa shape index (κ1) is 18.4. The summed E-state index contributed by atoms with van der Waals surface area (Å²) in [6, 6.07) is 13.8. The molecule has 5 nitrogen and oxygen atoms in total. The van der Waals surface area contributed by atoms with Crippen molar-refractivity contribution >= 4 is 5.91 Å². The molecule has 0 N–H and O–H groups in total. The van der Waals surface area contributed by atoms with E-state index in [2.05, 4.69) is 4.98 Å². The highest BCUT2D eigenvalue weighted by molar-refractivity contribution is 5.95. The van der Waals surface area contributed by atoms with Crippen LogP contribution in [0.3, 0.4) is 0 Å². The molecule has 28 heavy (non-hydrogen) atoms. The summed E-state index contributed by atoms with van der Waals surface area (Å²) < 4.78 is 7.38. The van der Waals surface area contributed by atoms with Crippen molar-refractivity contribution in [3.05, 3.63) is 71.2 Å². The van der Waals surface area contributed by atoms with Crippen LogP contribution in [-0.2, 0) is 0 Å². The molecule has 1 aromatic carbocycles. The second-order valence-corrected chi connectivity index (χ2v) is 7.45. The smallest absolute Gasteiger partial charge is 0.285 e. The number of hydrogen-bond acceptors (Lipinski definition) is 4. The van der Waals surface area contributed by atoms with E-state index in [-0.39, 0.29) is 11.9 Å². The Kier molecular flexibility index (Phi) is 5.24. The van der Waals surface area contributed by atoms with E-state index in [1.807, 2.05) is 49.4 Å². The van der Waals surface area contributed by atoms with Gasteiger partial charge in [0.25, 0.3) is 5.91 Å². The summed E-state index contributed by atoms with van der Waals surface area (Å²) in [5.74, 6) is 0.762. The molecule has 0 saturated heterocycles. The van der Waals surface area contributed by atoms with Crippen molar-refractivity contribution in [2.24, 2.45) is 4.99 Å². The van der Waals surface area contributed by atoms with E-state index in [1.165, 1.54) is 19.3 Å². The van der Waals surface area contributed by atoms with Gasteiger partial charge >= 0.3 is 0 Å². The van der Waals surface area contributed by atoms with Crippen LogP contribution in [-0.4, -0.2) is 21.5 Å². The Morgan fingerprint density at radius 1 is 1.11 bits per heavy atom. The van der Waals surface area contributed by atoms with Crippen molar-refractivity contribution in [2.75, 3.05) is 0 Å². The van der Waals surface area contributed by atoms with Gasteiger partial charge in [0.15, 0.2) is 5.69 Å². The van der Waals surface area contributed by atoms with E-state index in [1.54, 1.807) is 17.7 Å². The number of benzene rings is 1. The average molecular weight is 375 g/mol. The zero-order valence-corrected chi connectivity index (χ0v) is 16.4. The zero-order chi connectivity index (χ0) is 19.5. The van der Waals surface area contributed by atoms with Gasteiger partial charge in [-0.1, -0.05) is 37.5 Å². The summed E-state index contributed by atoms with van der Waals surface area (Å²) in [5.41, 5.74) is 2.96. The fourth-order valence-corrected chi connectivity index (χ4v) is 3.67. The first-order chi connectivity index (χ1) is 13.6. The van der Waals surface area contributed by atoms with E-state index >= 15 is 0 Å². The summed E-state index contributed by atoms with van der Waals surface area (Å²) in [6.45, 7) is 3.79. The third-order valence-corrected chi connectivity index (χ3v) is 5.22. The van der Waals surface area contributed by atoms with Gasteiger partial charge in [-0.3, -0.25) is 14.4 Å². The van der Waals surface area contributed by atoms with Gasteiger partial charge in [-0.05, 0) is 56.5 Å². The minimum Gasteiger partial charge on any atom is -0.441 e. The lowest BCUT2D eigenvalue weighted by atomic mass is 9.96. The highest BCUT2D eigenvalue weighted by atomic mass is 16.4. The second kappa shape index (κ2) is 7.97. The Labute approximate surface area is 164 Å². The molecule has 3 aromatic rings. The minimum absolute atomic E-state index is 0.210. The Balaban J connectivity index is 1.73. The third kappa shape index (κ3) is 3.84. The molecule has 0 unspecified atom stereocenters. The van der Waals surface area contributed by atoms with Crippen molar-refractivity contribution in [1.82, 2.24) is 9.55 Å². The number of rotatable bonds is 3. The molecule has 4 rings (SSSR count). The largest absolute Gasteiger partial charge is 0.441 e. The van der Waals surface area contributed by atoms with E-state index in [0.29, 0.717) is 22.8 Å². The molecule has 2 heterocycles. The molecule has 144 valence electrons. The van der Waals surface area contributed by atoms with Gasteiger partial charge in [0.2, 0.25) is 5.89 Å². The van der Waals surface area contributed by atoms with Gasteiger partial charge in [-0.25, -0.2) is 4.98 Å². The summed E-state index contributed by atoms with van der Waals surface area (Å²) in [4.78, 5) is 22.7. The number of hydrogen-bond donors (Lipinski definition) is 0. The zero-order valence-electron chi connectivity index (χ0n) is 16.4. The number of aromatic nitrogens is 2. The monoisotopic (exact) mass is 375 g/mol. The second-order valence-electron chi connectivity index (χ2n) is 7.45. The average Bonchev–Trinajstić information content (AvgIpc) is 3.11. The maximum atomic E-state index is 13.3. The van der Waals surface area contributed by atoms with Crippen molar-refractivity contribution in [2.45, 2.75) is 52.0 Å². The van der Waals surface area contributed by atoms with Crippen LogP contribution in [0, 0.1) is 13.8 Å². The normalized spacial score (nSPS) is 15.7. The summed E-state index contributed by atoms with van der Waals surface area (Å²) in [5, 5.41) is 0. The van der Waals surface area contributed by atoms with E-state index in [4.69, 9.17) is 9.41 Å². The molecule has 1 saturated carbocycles. The van der Waals surface area contributed by atoms with Crippen molar-refractivity contribution in [3.8, 4) is 11.5 Å². The number of aryl methyl sites for hydroxylation is 2. The van der Waals surface area contributed by atoms with Gasteiger partial charge < -0.3 is 4.42 Å². The van der Waals surface area contributed by atoms with Crippen LogP contribution in [0.1, 0.15) is 53.9 Å². The van der Waals surface area contributed by atoms with Crippen LogP contribution in [0.25, 0.3) is 11.5 Å². The van der Waals surface area contributed by atoms with Crippen LogP contribution >= 0.6 is 0 Å². The van der Waals surface area contributed by atoms with E-state index in [0.717, 1.165) is 24.0 Å². The highest BCUT2D eigenvalue weighted by Gasteiger charge is 2.20. The van der Waals surface area contributed by atoms with Crippen LogP contribution in [0.5, 0.6) is 0 Å². The molecule has 0 bridgehead atoms. The molecule has 5 heteroatoms. The van der Waals surface area contributed by atoms with Gasteiger partial charge in [-0.2, -0.15) is 0 Å². The predicted molar refractivity (Wildman–Crippen MR) is 108 cm³/mol. The molecular weight excluding hydrogens is 350 g/mol. The molecule has 1 aliphatic rings. The topological polar surface area (TPSA) is 60.4 Å². The number of pyridine rings is 1. The lowest BCUT2D eigenvalue weighted by molar-refractivity contribution is 0.0948. The summed E-state index contributed by atoms with van der Waals surface area (Å²) >= 11 is 0. The van der Waals surface area contributed by atoms with Gasteiger partial charge in [-0.15, -0.1) is 0 Å². The van der Waals surface area contributed by atoms with E-state index < -0.39 is 0 Å². The van der Waals surface area contributed by atoms with Gasteiger partial charge in [0.05, 0.1) is 6.04 Å². The van der Waals surface area contributed by atoms with Crippen molar-refractivity contribution in [1.29, 1.82) is 0 Å². The quantitative estimate of drug-likeness (QED) is 0.668. The molecule has 0 atom stereocenters. The Bertz CT molecular complexity index is 1040. The van der Waals surface area contributed by atoms with Gasteiger partial charge in [0, 0.05) is 11.8 Å². The van der Waals surface area contributed by atoms with Crippen molar-refractivity contribution in [3.63, 3.8) is 0 Å². The molecule has 0 radical (unpaired) electrons. The fraction of sp³-hybridized carbons (Fsp3) is 0.348. The van der Waals surface area contributed by atoms with Crippen LogP contribution in [0.4, 0.5) is 0 Å². The van der Waals surface area contributed by atoms with Gasteiger partial charge in [0.1, 0.15) is 11.2 Å². The third-order valence-electron chi connectivity index (χ3n) is 5.22. The first-order valence-corrected chi connectivity index (χ1v) is 9.92. The van der Waals surface area contributed by atoms with Crippen molar-refractivity contribution < 1.29 is 9.21 Å². The first-order valence-electron chi connectivity index (χ1n) is 9.92. The number of oxazole rings is 1. The molecule has 0 amide bonds. The van der Waals surface area contributed by atoms with Crippen LogP contribution in [0.15, 0.2) is 58.1 Å². The Hall–Kier alpha value is -2.95. The van der Waals surface area contributed by atoms with Crippen LogP contribution < -0.4 is 5.49 Å². The maximum Gasteiger partial charge on any atom is 0.285 e. The standard InChI is InChI=1S/C23H25N3O2/c1-16-13-14-26(20(15-16)24-19-11-7-4-8-12-19)23(27)21-17(2)28-22(25-21)18-9-5-3-6-10-18/h3,5-6,9-10,13-15,19H,4,7-8,11-12H2,1-2H3. The molecular formula is C23H25N3O2. The summed E-state index contributed by atoms with van der Waals surface area (Å²) in [6.07, 6.45) is 7.65. The van der Waals surface area contributed by atoms with E-state index in [9.17, 15) is 4.79 Å². The Morgan fingerprint density at radius 2 is 1.86 bits per heavy atom. The minimum atomic E-state index is -0.210. The lowest BCUT2D eigenvalue weighted by Gasteiger charge is -2.17. The molecule has 0 spiro atoms. The maximum absolute atomic E-state index is 13.3. The molecule has 1 aliphatic carbocycles. The van der Waals surface area contributed by atoms with Crippen LogP contribution in [0.2, 0.25) is 0 Å². The molecule has 2 aromatic heterocycles. The predicted octanol–water partition coefficient (Wildman–Crippen LogP) is 4.68. The fourth-order valence-electron chi connectivity index (χ4n) is 3.67. The summed E-state index contributed by atoms with van der Waals surface area (Å²) in [7, 11) is 0. The number of nitrogens with zero attached hydrogens (tertiary/aromatic N) is 3. The molecule has 1 fully saturated rings. The number of carbonyl (C=O) groups excluding carboxylic acids is 1.